The zero-order chi connectivity index (χ0) is 20.6. The largest absolute Gasteiger partial charge is 0.456 e. The number of amides is 1. The molecule has 1 amide bonds. The van der Waals surface area contributed by atoms with Crippen molar-refractivity contribution in [3.8, 4) is 0 Å². The number of benzene rings is 1. The molecule has 7 nitrogen and oxygen atoms in total. The van der Waals surface area contributed by atoms with E-state index in [0.717, 1.165) is 18.4 Å². The van der Waals surface area contributed by atoms with Crippen LogP contribution in [-0.4, -0.2) is 39.5 Å². The normalized spacial score (nSPS) is 11.5. The van der Waals surface area contributed by atoms with Gasteiger partial charge in [-0.15, -0.1) is 0 Å². The SMILES string of the molecule is CCC(CC)NC(=O)COC(=O)CCNS(=O)(=O)c1c(C)cc(C)cc1C. The molecule has 0 aliphatic carbocycles. The topological polar surface area (TPSA) is 102 Å². The van der Waals surface area contributed by atoms with E-state index in [1.54, 1.807) is 26.0 Å². The molecule has 0 spiro atoms. The smallest absolute Gasteiger partial charge is 0.307 e. The van der Waals surface area contributed by atoms with Gasteiger partial charge in [0.25, 0.3) is 5.91 Å². The van der Waals surface area contributed by atoms with Crippen molar-refractivity contribution in [3.63, 3.8) is 0 Å². The molecule has 0 aliphatic heterocycles. The molecule has 0 aliphatic rings. The number of sulfonamides is 1. The summed E-state index contributed by atoms with van der Waals surface area (Å²) in [5.41, 5.74) is 2.29. The number of ether oxygens (including phenoxy) is 1. The van der Waals surface area contributed by atoms with E-state index >= 15 is 0 Å². The van der Waals surface area contributed by atoms with Crippen molar-refractivity contribution in [1.82, 2.24) is 10.0 Å². The lowest BCUT2D eigenvalue weighted by Crippen LogP contribution is -2.37. The van der Waals surface area contributed by atoms with Gasteiger partial charge in [0.05, 0.1) is 11.3 Å². The third kappa shape index (κ3) is 7.30. The number of rotatable bonds is 10. The number of nitrogens with one attached hydrogen (secondary N) is 2. The summed E-state index contributed by atoms with van der Waals surface area (Å²) in [5, 5.41) is 2.76. The Balaban J connectivity index is 2.51. The van der Waals surface area contributed by atoms with Crippen molar-refractivity contribution in [1.29, 1.82) is 0 Å². The number of hydrogen-bond acceptors (Lipinski definition) is 5. The maximum Gasteiger partial charge on any atom is 0.307 e. The fourth-order valence-corrected chi connectivity index (χ4v) is 4.41. The van der Waals surface area contributed by atoms with Crippen LogP contribution in [0.2, 0.25) is 0 Å². The number of hydrogen-bond donors (Lipinski definition) is 2. The Labute approximate surface area is 161 Å². The van der Waals surface area contributed by atoms with Gasteiger partial charge in [0, 0.05) is 12.6 Å². The molecule has 0 unspecified atom stereocenters. The van der Waals surface area contributed by atoms with E-state index in [1.807, 2.05) is 20.8 Å². The van der Waals surface area contributed by atoms with E-state index in [1.165, 1.54) is 0 Å². The molecule has 8 heteroatoms. The molecule has 1 aromatic carbocycles. The Hall–Kier alpha value is -1.93. The number of carbonyl (C=O) groups excluding carboxylic acids is 2. The Bertz CT molecular complexity index is 747. The third-order valence-electron chi connectivity index (χ3n) is 4.21. The van der Waals surface area contributed by atoms with E-state index in [-0.39, 0.29) is 36.4 Å². The Kier molecular flexibility index (Phi) is 8.92. The van der Waals surface area contributed by atoms with Gasteiger partial charge in [-0.1, -0.05) is 31.5 Å². The molecule has 0 saturated heterocycles. The molecule has 0 bridgehead atoms. The highest BCUT2D eigenvalue weighted by atomic mass is 32.2. The Morgan fingerprint density at radius 3 is 2.15 bits per heavy atom. The molecule has 0 fully saturated rings. The zero-order valence-electron chi connectivity index (χ0n) is 16.7. The minimum absolute atomic E-state index is 0.0593. The second-order valence-electron chi connectivity index (χ2n) is 6.62. The van der Waals surface area contributed by atoms with Crippen LogP contribution in [0.5, 0.6) is 0 Å². The van der Waals surface area contributed by atoms with Crippen LogP contribution in [0.1, 0.15) is 49.8 Å². The first-order valence-electron chi connectivity index (χ1n) is 9.13. The van der Waals surface area contributed by atoms with Crippen LogP contribution in [-0.2, 0) is 24.3 Å². The van der Waals surface area contributed by atoms with Gasteiger partial charge in [-0.2, -0.15) is 0 Å². The first kappa shape index (κ1) is 23.1. The highest BCUT2D eigenvalue weighted by Crippen LogP contribution is 2.21. The van der Waals surface area contributed by atoms with Crippen molar-refractivity contribution < 1.29 is 22.7 Å². The lowest BCUT2D eigenvalue weighted by molar-refractivity contribution is -0.148. The molecule has 0 atom stereocenters. The van der Waals surface area contributed by atoms with Crippen LogP contribution in [0, 0.1) is 20.8 Å². The summed E-state index contributed by atoms with van der Waals surface area (Å²) in [7, 11) is -3.73. The standard InChI is InChI=1S/C19H30N2O5S/c1-6-16(7-2)21-17(22)12-26-18(23)8-9-20-27(24,25)19-14(4)10-13(3)11-15(19)5/h10-11,16,20H,6-9,12H2,1-5H3,(H,21,22). The maximum absolute atomic E-state index is 12.5. The van der Waals surface area contributed by atoms with Crippen LogP contribution >= 0.6 is 0 Å². The molecule has 0 radical (unpaired) electrons. The van der Waals surface area contributed by atoms with Crippen molar-refractivity contribution in [2.45, 2.75) is 64.8 Å². The average Bonchev–Trinajstić information content (AvgIpc) is 2.56. The molecule has 152 valence electrons. The Morgan fingerprint density at radius 1 is 1.07 bits per heavy atom. The Morgan fingerprint density at radius 2 is 1.63 bits per heavy atom. The van der Waals surface area contributed by atoms with Gasteiger partial charge in [-0.3, -0.25) is 9.59 Å². The highest BCUT2D eigenvalue weighted by Gasteiger charge is 2.20. The second-order valence-corrected chi connectivity index (χ2v) is 8.32. The molecular formula is C19H30N2O5S. The van der Waals surface area contributed by atoms with E-state index in [4.69, 9.17) is 4.74 Å². The first-order valence-corrected chi connectivity index (χ1v) is 10.6. The fraction of sp³-hybridized carbons (Fsp3) is 0.579. The van der Waals surface area contributed by atoms with Gasteiger partial charge in [0.2, 0.25) is 10.0 Å². The summed E-state index contributed by atoms with van der Waals surface area (Å²) in [6, 6.07) is 3.66. The van der Waals surface area contributed by atoms with E-state index in [9.17, 15) is 18.0 Å². The molecule has 1 aromatic rings. The maximum atomic E-state index is 12.5. The lowest BCUT2D eigenvalue weighted by Gasteiger charge is -2.15. The van der Waals surface area contributed by atoms with Gasteiger partial charge in [-0.25, -0.2) is 13.1 Å². The number of aryl methyl sites for hydroxylation is 3. The van der Waals surface area contributed by atoms with Crippen molar-refractivity contribution >= 4 is 21.9 Å². The summed E-state index contributed by atoms with van der Waals surface area (Å²) >= 11 is 0. The number of carbonyl (C=O) groups is 2. The quantitative estimate of drug-likeness (QED) is 0.588. The summed E-state index contributed by atoms with van der Waals surface area (Å²) in [6.07, 6.45) is 1.45. The minimum atomic E-state index is -3.73. The third-order valence-corrected chi connectivity index (χ3v) is 5.98. The van der Waals surface area contributed by atoms with E-state index < -0.39 is 16.0 Å². The van der Waals surface area contributed by atoms with Crippen LogP contribution < -0.4 is 10.0 Å². The van der Waals surface area contributed by atoms with Gasteiger partial charge < -0.3 is 10.1 Å². The van der Waals surface area contributed by atoms with Crippen molar-refractivity contribution in [3.05, 3.63) is 28.8 Å². The highest BCUT2D eigenvalue weighted by molar-refractivity contribution is 7.89. The van der Waals surface area contributed by atoms with Crippen LogP contribution in [0.25, 0.3) is 0 Å². The molecular weight excluding hydrogens is 368 g/mol. The molecule has 0 heterocycles. The fourth-order valence-electron chi connectivity index (χ4n) is 2.93. The van der Waals surface area contributed by atoms with E-state index in [2.05, 4.69) is 10.0 Å². The van der Waals surface area contributed by atoms with Gasteiger partial charge in [0.15, 0.2) is 6.61 Å². The van der Waals surface area contributed by atoms with Crippen LogP contribution in [0.15, 0.2) is 17.0 Å². The van der Waals surface area contributed by atoms with Gasteiger partial charge >= 0.3 is 5.97 Å². The summed E-state index contributed by atoms with van der Waals surface area (Å²) in [4.78, 5) is 23.7. The summed E-state index contributed by atoms with van der Waals surface area (Å²) < 4.78 is 32.3. The average molecular weight is 399 g/mol. The predicted octanol–water partition coefficient (Wildman–Crippen LogP) is 2.13. The molecule has 0 saturated carbocycles. The second kappa shape index (κ2) is 10.4. The number of esters is 1. The molecule has 2 N–H and O–H groups in total. The molecule has 0 aromatic heterocycles. The van der Waals surface area contributed by atoms with E-state index in [0.29, 0.717) is 11.1 Å². The van der Waals surface area contributed by atoms with Crippen LogP contribution in [0.3, 0.4) is 0 Å². The predicted molar refractivity (Wildman–Crippen MR) is 104 cm³/mol. The lowest BCUT2D eigenvalue weighted by atomic mass is 10.1. The van der Waals surface area contributed by atoms with Crippen LogP contribution in [0.4, 0.5) is 0 Å². The minimum Gasteiger partial charge on any atom is -0.456 e. The van der Waals surface area contributed by atoms with Crippen molar-refractivity contribution in [2.75, 3.05) is 13.2 Å². The monoisotopic (exact) mass is 398 g/mol. The molecule has 27 heavy (non-hydrogen) atoms. The van der Waals surface area contributed by atoms with Gasteiger partial charge in [-0.05, 0) is 44.7 Å². The van der Waals surface area contributed by atoms with Crippen molar-refractivity contribution in [2.24, 2.45) is 0 Å². The summed E-state index contributed by atoms with van der Waals surface area (Å²) in [5.74, 6) is -0.988. The molecule has 1 rings (SSSR count). The summed E-state index contributed by atoms with van der Waals surface area (Å²) in [6.45, 7) is 8.84. The van der Waals surface area contributed by atoms with Gasteiger partial charge in [0.1, 0.15) is 0 Å². The first-order chi connectivity index (χ1) is 12.6. The zero-order valence-corrected chi connectivity index (χ0v) is 17.5.